The molecule has 14 heavy (non-hydrogen) atoms. The molecule has 0 saturated carbocycles. The minimum Gasteiger partial charge on any atom is -0.0587 e. The van der Waals surface area contributed by atoms with Crippen molar-refractivity contribution >= 4 is 10.8 Å². The van der Waals surface area contributed by atoms with Gasteiger partial charge in [-0.1, -0.05) is 29.8 Å². The molecule has 0 aliphatic heterocycles. The second kappa shape index (κ2) is 3.13. The summed E-state index contributed by atoms with van der Waals surface area (Å²) in [5.41, 5.74) is 5.56. The topological polar surface area (TPSA) is 0 Å². The second-order valence-corrected chi connectivity index (χ2v) is 4.17. The molecule has 0 nitrogen and oxygen atoms in total. The predicted molar refractivity (Wildman–Crippen MR) is 62.9 cm³/mol. The zero-order valence-corrected chi connectivity index (χ0v) is 9.31. The van der Waals surface area contributed by atoms with E-state index in [1.165, 1.54) is 33.0 Å². The standard InChI is InChI=1S/C14H16/c1-9-5-6-14-12(4)11(3)10(2)8-13(14)7-9/h5-8H,1-4H3. The van der Waals surface area contributed by atoms with E-state index in [0.29, 0.717) is 0 Å². The van der Waals surface area contributed by atoms with Crippen LogP contribution in [-0.4, -0.2) is 0 Å². The molecule has 0 bridgehead atoms. The van der Waals surface area contributed by atoms with Crippen LogP contribution in [0.2, 0.25) is 0 Å². The zero-order valence-electron chi connectivity index (χ0n) is 9.31. The van der Waals surface area contributed by atoms with Crippen molar-refractivity contribution in [3.05, 3.63) is 46.5 Å². The summed E-state index contributed by atoms with van der Waals surface area (Å²) in [5, 5.41) is 2.75. The molecular weight excluding hydrogens is 168 g/mol. The molecule has 0 heteroatoms. The first-order chi connectivity index (χ1) is 6.59. The van der Waals surface area contributed by atoms with Gasteiger partial charge >= 0.3 is 0 Å². The van der Waals surface area contributed by atoms with Crippen LogP contribution in [-0.2, 0) is 0 Å². The van der Waals surface area contributed by atoms with Gasteiger partial charge in [0, 0.05) is 0 Å². The van der Waals surface area contributed by atoms with E-state index in [9.17, 15) is 0 Å². The highest BCUT2D eigenvalue weighted by Crippen LogP contribution is 2.25. The second-order valence-electron chi connectivity index (χ2n) is 4.17. The third kappa shape index (κ3) is 1.31. The highest BCUT2D eigenvalue weighted by molar-refractivity contribution is 5.88. The Labute approximate surface area is 85.6 Å². The largest absolute Gasteiger partial charge is 0.0587 e. The van der Waals surface area contributed by atoms with Crippen LogP contribution >= 0.6 is 0 Å². The van der Waals surface area contributed by atoms with Crippen molar-refractivity contribution in [1.82, 2.24) is 0 Å². The van der Waals surface area contributed by atoms with E-state index in [4.69, 9.17) is 0 Å². The fourth-order valence-corrected chi connectivity index (χ4v) is 1.98. The van der Waals surface area contributed by atoms with E-state index in [-0.39, 0.29) is 0 Å². The monoisotopic (exact) mass is 184 g/mol. The smallest absolute Gasteiger partial charge is 0.0152 e. The summed E-state index contributed by atoms with van der Waals surface area (Å²) in [6, 6.07) is 8.95. The van der Waals surface area contributed by atoms with Gasteiger partial charge in [0.15, 0.2) is 0 Å². The lowest BCUT2D eigenvalue weighted by Crippen LogP contribution is -1.89. The quantitative estimate of drug-likeness (QED) is 0.579. The fraction of sp³-hybridized carbons (Fsp3) is 0.286. The normalized spacial score (nSPS) is 10.9. The number of fused-ring (bicyclic) bond motifs is 1. The number of hydrogen-bond donors (Lipinski definition) is 0. The van der Waals surface area contributed by atoms with Crippen molar-refractivity contribution in [2.75, 3.05) is 0 Å². The molecule has 0 aliphatic rings. The van der Waals surface area contributed by atoms with Crippen LogP contribution in [0, 0.1) is 27.7 Å². The molecule has 2 rings (SSSR count). The Balaban J connectivity index is 2.91. The Morgan fingerprint density at radius 1 is 0.786 bits per heavy atom. The van der Waals surface area contributed by atoms with Gasteiger partial charge in [-0.3, -0.25) is 0 Å². The number of aryl methyl sites for hydroxylation is 3. The number of hydrogen-bond acceptors (Lipinski definition) is 0. The zero-order chi connectivity index (χ0) is 10.3. The molecule has 0 saturated heterocycles. The molecule has 0 unspecified atom stereocenters. The molecule has 0 amide bonds. The highest BCUT2D eigenvalue weighted by Gasteiger charge is 2.03. The van der Waals surface area contributed by atoms with Crippen molar-refractivity contribution in [2.24, 2.45) is 0 Å². The molecule has 0 radical (unpaired) electrons. The van der Waals surface area contributed by atoms with Crippen LogP contribution in [0.25, 0.3) is 10.8 Å². The molecular formula is C14H16. The van der Waals surface area contributed by atoms with E-state index in [0.717, 1.165) is 0 Å². The van der Waals surface area contributed by atoms with Crippen molar-refractivity contribution in [2.45, 2.75) is 27.7 Å². The molecule has 72 valence electrons. The van der Waals surface area contributed by atoms with Gasteiger partial charge in [-0.2, -0.15) is 0 Å². The fourth-order valence-electron chi connectivity index (χ4n) is 1.98. The van der Waals surface area contributed by atoms with Crippen molar-refractivity contribution in [3.63, 3.8) is 0 Å². The van der Waals surface area contributed by atoms with Crippen LogP contribution in [0.3, 0.4) is 0 Å². The van der Waals surface area contributed by atoms with Gasteiger partial charge in [0.25, 0.3) is 0 Å². The molecule has 0 aromatic heterocycles. The first-order valence-electron chi connectivity index (χ1n) is 5.07. The molecule has 0 spiro atoms. The molecule has 2 aromatic rings. The minimum atomic E-state index is 1.33. The Hall–Kier alpha value is -1.30. The highest BCUT2D eigenvalue weighted by atomic mass is 14.1. The summed E-state index contributed by atoms with van der Waals surface area (Å²) in [5.74, 6) is 0. The van der Waals surface area contributed by atoms with E-state index < -0.39 is 0 Å². The summed E-state index contributed by atoms with van der Waals surface area (Å²) in [6.07, 6.45) is 0. The van der Waals surface area contributed by atoms with Crippen LogP contribution < -0.4 is 0 Å². The van der Waals surface area contributed by atoms with Gasteiger partial charge in [0.05, 0.1) is 0 Å². The first kappa shape index (κ1) is 9.26. The lowest BCUT2D eigenvalue weighted by atomic mass is 9.96. The van der Waals surface area contributed by atoms with Gasteiger partial charge in [-0.05, 0) is 55.2 Å². The van der Waals surface area contributed by atoms with Crippen LogP contribution in [0.1, 0.15) is 22.3 Å². The minimum absolute atomic E-state index is 1.33. The van der Waals surface area contributed by atoms with E-state index in [2.05, 4.69) is 52.0 Å². The molecule has 0 aliphatic carbocycles. The van der Waals surface area contributed by atoms with Gasteiger partial charge in [0.1, 0.15) is 0 Å². The summed E-state index contributed by atoms with van der Waals surface area (Å²) in [7, 11) is 0. The number of benzene rings is 2. The number of rotatable bonds is 0. The maximum Gasteiger partial charge on any atom is -0.0152 e. The SMILES string of the molecule is Cc1ccc2c(C)c(C)c(C)cc2c1. The van der Waals surface area contributed by atoms with Gasteiger partial charge < -0.3 is 0 Å². The third-order valence-electron chi connectivity index (χ3n) is 3.14. The average molecular weight is 184 g/mol. The van der Waals surface area contributed by atoms with Gasteiger partial charge in [-0.25, -0.2) is 0 Å². The third-order valence-corrected chi connectivity index (χ3v) is 3.14. The molecule has 0 N–H and O–H groups in total. The summed E-state index contributed by atoms with van der Waals surface area (Å²) < 4.78 is 0. The predicted octanol–water partition coefficient (Wildman–Crippen LogP) is 4.07. The van der Waals surface area contributed by atoms with E-state index >= 15 is 0 Å². The van der Waals surface area contributed by atoms with Crippen LogP contribution in [0.15, 0.2) is 24.3 Å². The van der Waals surface area contributed by atoms with Crippen LogP contribution in [0.5, 0.6) is 0 Å². The molecule has 2 aromatic carbocycles. The Morgan fingerprint density at radius 2 is 1.50 bits per heavy atom. The average Bonchev–Trinajstić information content (AvgIpc) is 2.14. The van der Waals surface area contributed by atoms with E-state index in [1.54, 1.807) is 0 Å². The maximum absolute atomic E-state index is 2.28. The Kier molecular flexibility index (Phi) is 2.07. The maximum atomic E-state index is 2.28. The van der Waals surface area contributed by atoms with Gasteiger partial charge in [0.2, 0.25) is 0 Å². The molecule has 0 heterocycles. The Bertz CT molecular complexity index is 493. The summed E-state index contributed by atoms with van der Waals surface area (Å²) in [4.78, 5) is 0. The van der Waals surface area contributed by atoms with Crippen molar-refractivity contribution < 1.29 is 0 Å². The van der Waals surface area contributed by atoms with Crippen molar-refractivity contribution in [3.8, 4) is 0 Å². The van der Waals surface area contributed by atoms with Gasteiger partial charge in [-0.15, -0.1) is 0 Å². The summed E-state index contributed by atoms with van der Waals surface area (Å²) in [6.45, 7) is 8.73. The molecule has 0 atom stereocenters. The lowest BCUT2D eigenvalue weighted by molar-refractivity contribution is 1.29. The van der Waals surface area contributed by atoms with Crippen LogP contribution in [0.4, 0.5) is 0 Å². The summed E-state index contributed by atoms with van der Waals surface area (Å²) >= 11 is 0. The lowest BCUT2D eigenvalue weighted by Gasteiger charge is -2.09. The van der Waals surface area contributed by atoms with E-state index in [1.807, 2.05) is 0 Å². The van der Waals surface area contributed by atoms with Crippen molar-refractivity contribution in [1.29, 1.82) is 0 Å². The first-order valence-corrected chi connectivity index (χ1v) is 5.07. The Morgan fingerprint density at radius 3 is 2.21 bits per heavy atom. The molecule has 0 fully saturated rings.